The lowest BCUT2D eigenvalue weighted by atomic mass is 9.75. The van der Waals surface area contributed by atoms with Gasteiger partial charge in [0.1, 0.15) is 11.7 Å². The molecule has 2 saturated heterocycles. The number of halogens is 4. The summed E-state index contributed by atoms with van der Waals surface area (Å²) >= 11 is 8.00. The van der Waals surface area contributed by atoms with Gasteiger partial charge in [-0.25, -0.2) is 0 Å². The number of ether oxygens (including phenoxy) is 2. The van der Waals surface area contributed by atoms with Crippen LogP contribution in [0.4, 0.5) is 14.3 Å². The second-order valence-corrected chi connectivity index (χ2v) is 20.4. The number of anilines is 1. The van der Waals surface area contributed by atoms with Crippen LogP contribution in [0.3, 0.4) is 0 Å². The summed E-state index contributed by atoms with van der Waals surface area (Å²) in [5.74, 6) is -9.00. The predicted octanol–water partition coefficient (Wildman–Crippen LogP) is 6.30. The van der Waals surface area contributed by atoms with E-state index in [4.69, 9.17) is 9.47 Å². The maximum atomic E-state index is 14.3. The van der Waals surface area contributed by atoms with Crippen molar-refractivity contribution >= 4 is 102 Å². The number of fused-ring (bicyclic) bond motifs is 2. The second-order valence-electron chi connectivity index (χ2n) is 15.9. The van der Waals surface area contributed by atoms with E-state index in [2.05, 4.69) is 52.8 Å². The standard InChI is InChI=1S/C42H38BBr2F2N5O10S2/c1-20-14-21(2)52(43(46)47)31(20)17-27-10-9-25(49-27)11-13-33(53)51-32(19-64(58,59)60)48-18-23-4-7-26(8-5-23)50-39(55)34-35-40(56)62-42(57)38-28(15-22(3)63-38)37(54)41(35,42)61-36(34)24-6-12-29(44)30(45)16-24/h4-10,12,14-17,32,34-36,48,57H,11,13,18-19H2,1-3H3,(H,50,55)(H,51,53)(H,58,59,60)/b27-17-/t32?,34-,35?,36-,41?,42?/m0/s1. The van der Waals surface area contributed by atoms with Crippen LogP contribution in [0.5, 0.6) is 0 Å². The molecule has 0 radical (unpaired) electrons. The van der Waals surface area contributed by atoms with Crippen molar-refractivity contribution in [3.8, 4) is 0 Å². The minimum atomic E-state index is -4.55. The third-order valence-corrected chi connectivity index (χ3v) is 15.3. The maximum Gasteiger partial charge on any atom is 0.677 e. The van der Waals surface area contributed by atoms with Gasteiger partial charge in [0.15, 0.2) is 0 Å². The topological polar surface area (TPSA) is 215 Å². The van der Waals surface area contributed by atoms with Crippen molar-refractivity contribution < 1.29 is 55.4 Å². The van der Waals surface area contributed by atoms with Gasteiger partial charge in [0, 0.05) is 55.1 Å². The first-order valence-electron chi connectivity index (χ1n) is 19.7. The molecule has 2 aromatic carbocycles. The Morgan fingerprint density at radius 2 is 1.80 bits per heavy atom. The zero-order valence-electron chi connectivity index (χ0n) is 34.0. The summed E-state index contributed by atoms with van der Waals surface area (Å²) in [6, 6.07) is 14.7. The van der Waals surface area contributed by atoms with Crippen LogP contribution in [0.2, 0.25) is 0 Å². The number of aromatic nitrogens is 1. The lowest BCUT2D eigenvalue weighted by Crippen LogP contribution is -2.53. The number of hydrogen-bond donors (Lipinski definition) is 5. The number of carbonyl (C=O) groups is 4. The molecule has 0 saturated carbocycles. The zero-order chi connectivity index (χ0) is 46.0. The summed E-state index contributed by atoms with van der Waals surface area (Å²) in [4.78, 5) is 60.5. The molecule has 4 aromatic rings. The molecule has 8 rings (SSSR count). The van der Waals surface area contributed by atoms with Crippen LogP contribution in [0.1, 0.15) is 67.1 Å². The lowest BCUT2D eigenvalue weighted by molar-refractivity contribution is -0.251. The zero-order valence-corrected chi connectivity index (χ0v) is 38.8. The number of amides is 2. The van der Waals surface area contributed by atoms with Crippen molar-refractivity contribution in [1.29, 1.82) is 0 Å². The first-order valence-corrected chi connectivity index (χ1v) is 23.8. The average molecular weight is 1050 g/mol. The van der Waals surface area contributed by atoms with Gasteiger partial charge in [-0.1, -0.05) is 18.2 Å². The van der Waals surface area contributed by atoms with Crippen molar-refractivity contribution in [2.75, 3.05) is 11.1 Å². The third kappa shape index (κ3) is 8.38. The van der Waals surface area contributed by atoms with Crippen molar-refractivity contribution in [3.63, 3.8) is 0 Å². The van der Waals surface area contributed by atoms with Crippen LogP contribution in [0, 0.1) is 32.6 Å². The number of allylic oxidation sites excluding steroid dienone is 2. The second kappa shape index (κ2) is 17.3. The molecule has 4 aliphatic rings. The highest BCUT2D eigenvalue weighted by Gasteiger charge is 2.83. The van der Waals surface area contributed by atoms with Crippen LogP contribution >= 0.6 is 43.2 Å². The Morgan fingerprint density at radius 1 is 1.06 bits per heavy atom. The van der Waals surface area contributed by atoms with Crippen molar-refractivity contribution in [2.45, 2.75) is 63.8 Å². The number of hydrogen-bond acceptors (Lipinski definition) is 12. The smallest absolute Gasteiger partial charge is 0.424 e. The van der Waals surface area contributed by atoms with Crippen LogP contribution < -0.4 is 16.0 Å². The van der Waals surface area contributed by atoms with Crippen LogP contribution in [0.25, 0.3) is 6.08 Å². The van der Waals surface area contributed by atoms with E-state index >= 15 is 0 Å². The van der Waals surface area contributed by atoms with E-state index in [0.29, 0.717) is 53.3 Å². The Hall–Kier alpha value is -4.68. The number of ketones is 1. The predicted molar refractivity (Wildman–Crippen MR) is 240 cm³/mol. The molecule has 4 unspecified atom stereocenters. The molecule has 1 aliphatic carbocycles. The molecule has 0 bridgehead atoms. The Bertz CT molecular complexity index is 2830. The fourth-order valence-electron chi connectivity index (χ4n) is 8.72. The SMILES string of the molecule is Cc1cc2c(s1)C1(O)OC(=O)C3[C@H](C(=O)Nc4ccc(CNC(CS(=O)(=O)O)NC(=O)CCC5=N/C(=C\c6c(C)cc(C)n6B(F)F)C=C5)cc4)[C@H](c4ccc(Br)c(Br)c4)OC31C2=O. The average Bonchev–Trinajstić information content (AvgIpc) is 4.04. The number of benzene rings is 2. The number of thiophene rings is 1. The minimum Gasteiger partial charge on any atom is -0.424 e. The number of carbonyl (C=O) groups excluding carboxylic acids is 4. The van der Waals surface area contributed by atoms with Crippen molar-refractivity contribution in [2.24, 2.45) is 16.8 Å². The van der Waals surface area contributed by atoms with Gasteiger partial charge in [-0.3, -0.25) is 42.7 Å². The highest BCUT2D eigenvalue weighted by atomic mass is 79.9. The Balaban J connectivity index is 0.930. The molecule has 22 heteroatoms. The van der Waals surface area contributed by atoms with Gasteiger partial charge >= 0.3 is 13.4 Å². The van der Waals surface area contributed by atoms with Crippen LogP contribution in [-0.2, 0) is 46.3 Å². The van der Waals surface area contributed by atoms with E-state index in [1.165, 1.54) is 6.08 Å². The number of aliphatic imine (C=N–C) groups is 1. The normalized spacial score (nSPS) is 24.4. The van der Waals surface area contributed by atoms with Gasteiger partial charge in [-0.15, -0.1) is 11.3 Å². The number of Topliss-reactive ketones (excluding diaryl/α,β-unsaturated/α-hetero) is 1. The van der Waals surface area contributed by atoms with E-state index < -0.39 is 82.3 Å². The number of nitrogens with zero attached hydrogens (tertiary/aromatic N) is 2. The number of rotatable bonds is 14. The van der Waals surface area contributed by atoms with Gasteiger partial charge in [0.25, 0.3) is 15.9 Å². The summed E-state index contributed by atoms with van der Waals surface area (Å²) in [5, 5.41) is 20.3. The molecule has 5 N–H and O–H groups in total. The maximum absolute atomic E-state index is 14.3. The molecule has 5 heterocycles. The molecule has 334 valence electrons. The molecule has 2 aromatic heterocycles. The first-order chi connectivity index (χ1) is 30.2. The van der Waals surface area contributed by atoms with E-state index in [9.17, 15) is 45.9 Å². The van der Waals surface area contributed by atoms with Gasteiger partial charge < -0.3 is 29.7 Å². The molecule has 64 heavy (non-hydrogen) atoms. The number of nitrogens with one attached hydrogen (secondary N) is 3. The van der Waals surface area contributed by atoms with Gasteiger partial charge in [-0.2, -0.15) is 8.42 Å². The van der Waals surface area contributed by atoms with Crippen molar-refractivity contribution in [1.82, 2.24) is 15.1 Å². The highest BCUT2D eigenvalue weighted by Crippen LogP contribution is 2.66. The number of esters is 1. The number of aliphatic hydroxyl groups is 1. The fourth-order valence-corrected chi connectivity index (χ4v) is 11.1. The monoisotopic (exact) mass is 1040 g/mol. The minimum absolute atomic E-state index is 0.00917. The Kier molecular flexibility index (Phi) is 12.4. The summed E-state index contributed by atoms with van der Waals surface area (Å²) < 4.78 is 75.0. The van der Waals surface area contributed by atoms with E-state index in [0.717, 1.165) is 15.8 Å². The van der Waals surface area contributed by atoms with Gasteiger partial charge in [0.2, 0.25) is 23.2 Å². The van der Waals surface area contributed by atoms with Crippen LogP contribution in [-0.4, -0.2) is 76.8 Å². The third-order valence-electron chi connectivity index (χ3n) is 11.5. The summed E-state index contributed by atoms with van der Waals surface area (Å²) in [6.07, 6.45) is 2.51. The van der Waals surface area contributed by atoms with Gasteiger partial charge in [-0.05, 0) is 130 Å². The summed E-state index contributed by atoms with van der Waals surface area (Å²) in [5.41, 5.74) is 1.60. The molecule has 2 fully saturated rings. The molecule has 15 nitrogen and oxygen atoms in total. The molecule has 2 amide bonds. The molecule has 6 atom stereocenters. The van der Waals surface area contributed by atoms with Gasteiger partial charge in [0.05, 0.1) is 28.8 Å². The summed E-state index contributed by atoms with van der Waals surface area (Å²) in [6.45, 7) is 5.07. The quantitative estimate of drug-likeness (QED) is 0.0409. The van der Waals surface area contributed by atoms with Crippen molar-refractivity contribution in [3.05, 3.63) is 125 Å². The molecule has 1 spiro atoms. The van der Waals surface area contributed by atoms with E-state index in [1.807, 2.05) is 0 Å². The molecular weight excluding hydrogens is 1010 g/mol. The van der Waals surface area contributed by atoms with E-state index in [1.54, 1.807) is 87.5 Å². The first kappa shape index (κ1) is 45.9. The van der Waals surface area contributed by atoms with E-state index in [-0.39, 0.29) is 35.5 Å². The highest BCUT2D eigenvalue weighted by molar-refractivity contribution is 9.13. The largest absolute Gasteiger partial charge is 0.677 e. The Morgan fingerprint density at radius 3 is 2.48 bits per heavy atom. The number of aryl methyl sites for hydroxylation is 3. The summed E-state index contributed by atoms with van der Waals surface area (Å²) in [7, 11) is -7.29. The Labute approximate surface area is 386 Å². The fraction of sp³-hybridized carbons (Fsp3) is 0.310. The lowest BCUT2D eigenvalue weighted by Gasteiger charge is -2.31. The molecule has 3 aliphatic heterocycles. The molecular formula is C42H38BBr2F2N5O10S2. The van der Waals surface area contributed by atoms with Crippen LogP contribution in [0.15, 0.2) is 86.4 Å².